The molecule has 2 aliphatic rings. The molecular weight excluding hydrogens is 200 g/mol. The summed E-state index contributed by atoms with van der Waals surface area (Å²) in [5, 5.41) is 9.41. The molecule has 0 aromatic heterocycles. The van der Waals surface area contributed by atoms with E-state index >= 15 is 0 Å². The van der Waals surface area contributed by atoms with Gasteiger partial charge in [-0.3, -0.25) is 0 Å². The first-order chi connectivity index (χ1) is 7.32. The molecule has 2 saturated carbocycles. The minimum atomic E-state index is -0.00511. The Morgan fingerprint density at radius 2 is 1.81 bits per heavy atom. The lowest BCUT2D eigenvalue weighted by Crippen LogP contribution is -2.58. The predicted octanol–water partition coefficient (Wildman–Crippen LogP) is 3.13. The maximum atomic E-state index is 9.41. The molecule has 0 aliphatic heterocycles. The van der Waals surface area contributed by atoms with Crippen molar-refractivity contribution in [3.8, 4) is 0 Å². The molecule has 2 fully saturated rings. The molecule has 16 heavy (non-hydrogen) atoms. The topological polar surface area (TPSA) is 29.5 Å². The summed E-state index contributed by atoms with van der Waals surface area (Å²) in [6.45, 7) is 8.95. The van der Waals surface area contributed by atoms with Gasteiger partial charge in [-0.1, -0.05) is 6.92 Å². The largest absolute Gasteiger partial charge is 0.396 e. The predicted molar refractivity (Wildman–Crippen MR) is 65.3 cm³/mol. The Balaban J connectivity index is 1.78. The van der Waals surface area contributed by atoms with Crippen LogP contribution in [0.2, 0.25) is 0 Å². The van der Waals surface area contributed by atoms with E-state index in [1.807, 2.05) is 0 Å². The van der Waals surface area contributed by atoms with Gasteiger partial charge in [0.1, 0.15) is 0 Å². The summed E-state index contributed by atoms with van der Waals surface area (Å²) >= 11 is 0. The van der Waals surface area contributed by atoms with E-state index in [-0.39, 0.29) is 11.0 Å². The van der Waals surface area contributed by atoms with Crippen molar-refractivity contribution in [2.24, 2.45) is 10.8 Å². The van der Waals surface area contributed by atoms with Gasteiger partial charge in [0.15, 0.2) is 0 Å². The Kier molecular flexibility index (Phi) is 2.87. The molecule has 2 heteroatoms. The van der Waals surface area contributed by atoms with E-state index in [9.17, 15) is 5.11 Å². The standard InChI is InChI=1S/C14H26O2/c1-5-13(10-15)8-14(9-13)6-11(7-14)16-12(2,3)4/h11,15H,5-10H2,1-4H3. The Bertz CT molecular complexity index is 244. The van der Waals surface area contributed by atoms with Gasteiger partial charge in [-0.15, -0.1) is 0 Å². The summed E-state index contributed by atoms with van der Waals surface area (Å²) in [6.07, 6.45) is 6.45. The lowest BCUT2D eigenvalue weighted by atomic mass is 9.44. The van der Waals surface area contributed by atoms with Crippen LogP contribution >= 0.6 is 0 Å². The fraction of sp³-hybridized carbons (Fsp3) is 1.00. The van der Waals surface area contributed by atoms with Crippen molar-refractivity contribution in [2.45, 2.75) is 71.5 Å². The summed E-state index contributed by atoms with van der Waals surface area (Å²) in [6, 6.07) is 0. The third kappa shape index (κ3) is 2.14. The number of rotatable bonds is 3. The van der Waals surface area contributed by atoms with Gasteiger partial charge in [0, 0.05) is 6.61 Å². The molecule has 2 rings (SSSR count). The summed E-state index contributed by atoms with van der Waals surface area (Å²) < 4.78 is 5.98. The molecule has 2 aliphatic carbocycles. The van der Waals surface area contributed by atoms with E-state index in [0.717, 1.165) is 6.42 Å². The molecule has 0 heterocycles. The van der Waals surface area contributed by atoms with Crippen LogP contribution in [0.4, 0.5) is 0 Å². The van der Waals surface area contributed by atoms with Gasteiger partial charge in [0.25, 0.3) is 0 Å². The SMILES string of the molecule is CCC1(CO)CC2(CC(OC(C)(C)C)C2)C1. The summed E-state index contributed by atoms with van der Waals surface area (Å²) in [5.74, 6) is 0. The number of aliphatic hydroxyl groups excluding tert-OH is 1. The van der Waals surface area contributed by atoms with Crippen LogP contribution in [-0.4, -0.2) is 23.4 Å². The smallest absolute Gasteiger partial charge is 0.0602 e. The zero-order chi connectivity index (χ0) is 12.0. The highest BCUT2D eigenvalue weighted by Gasteiger charge is 2.59. The third-order valence-corrected chi connectivity index (χ3v) is 4.43. The molecule has 94 valence electrons. The quantitative estimate of drug-likeness (QED) is 0.801. The first-order valence-electron chi connectivity index (χ1n) is 6.61. The zero-order valence-electron chi connectivity index (χ0n) is 11.2. The van der Waals surface area contributed by atoms with E-state index in [4.69, 9.17) is 4.74 Å². The fourth-order valence-corrected chi connectivity index (χ4v) is 3.79. The van der Waals surface area contributed by atoms with Crippen LogP contribution in [0, 0.1) is 10.8 Å². The lowest BCUT2D eigenvalue weighted by Gasteiger charge is -2.63. The maximum absolute atomic E-state index is 9.41. The monoisotopic (exact) mass is 226 g/mol. The van der Waals surface area contributed by atoms with Gasteiger partial charge in [-0.05, 0) is 63.7 Å². The van der Waals surface area contributed by atoms with Crippen molar-refractivity contribution in [1.82, 2.24) is 0 Å². The van der Waals surface area contributed by atoms with Crippen molar-refractivity contribution < 1.29 is 9.84 Å². The summed E-state index contributed by atoms with van der Waals surface area (Å²) in [7, 11) is 0. The number of aliphatic hydroxyl groups is 1. The molecule has 0 bridgehead atoms. The number of hydrogen-bond donors (Lipinski definition) is 1. The van der Waals surface area contributed by atoms with Gasteiger partial charge < -0.3 is 9.84 Å². The summed E-state index contributed by atoms with van der Waals surface area (Å²) in [5.41, 5.74) is 0.788. The van der Waals surface area contributed by atoms with Crippen LogP contribution < -0.4 is 0 Å². The molecule has 0 aromatic carbocycles. The average molecular weight is 226 g/mol. The Hall–Kier alpha value is -0.0800. The molecule has 0 atom stereocenters. The molecule has 2 nitrogen and oxygen atoms in total. The molecule has 0 saturated heterocycles. The molecule has 0 amide bonds. The highest BCUT2D eigenvalue weighted by Crippen LogP contribution is 2.66. The fourth-order valence-electron chi connectivity index (χ4n) is 3.79. The van der Waals surface area contributed by atoms with Crippen LogP contribution in [0.25, 0.3) is 0 Å². The van der Waals surface area contributed by atoms with Crippen molar-refractivity contribution in [3.05, 3.63) is 0 Å². The molecule has 1 spiro atoms. The van der Waals surface area contributed by atoms with Crippen LogP contribution in [-0.2, 0) is 4.74 Å². The Labute approximate surface area is 99.4 Å². The van der Waals surface area contributed by atoms with Gasteiger partial charge in [0.05, 0.1) is 11.7 Å². The van der Waals surface area contributed by atoms with Gasteiger partial charge in [-0.25, -0.2) is 0 Å². The van der Waals surface area contributed by atoms with Gasteiger partial charge >= 0.3 is 0 Å². The van der Waals surface area contributed by atoms with E-state index < -0.39 is 0 Å². The van der Waals surface area contributed by atoms with Crippen LogP contribution in [0.15, 0.2) is 0 Å². The first-order valence-corrected chi connectivity index (χ1v) is 6.61. The third-order valence-electron chi connectivity index (χ3n) is 4.43. The minimum absolute atomic E-state index is 0.00511. The zero-order valence-corrected chi connectivity index (χ0v) is 11.2. The Morgan fingerprint density at radius 3 is 2.19 bits per heavy atom. The van der Waals surface area contributed by atoms with Crippen molar-refractivity contribution in [1.29, 1.82) is 0 Å². The van der Waals surface area contributed by atoms with Gasteiger partial charge in [0.2, 0.25) is 0 Å². The highest BCUT2D eigenvalue weighted by atomic mass is 16.5. The Morgan fingerprint density at radius 1 is 1.25 bits per heavy atom. The van der Waals surface area contributed by atoms with E-state index in [2.05, 4.69) is 27.7 Å². The van der Waals surface area contributed by atoms with Crippen LogP contribution in [0.3, 0.4) is 0 Å². The summed E-state index contributed by atoms with van der Waals surface area (Å²) in [4.78, 5) is 0. The van der Waals surface area contributed by atoms with Crippen LogP contribution in [0.5, 0.6) is 0 Å². The highest BCUT2D eigenvalue weighted by molar-refractivity contribution is 5.09. The molecule has 0 radical (unpaired) electrons. The average Bonchev–Trinajstić information content (AvgIpc) is 2.05. The van der Waals surface area contributed by atoms with E-state index in [1.54, 1.807) is 0 Å². The van der Waals surface area contributed by atoms with E-state index in [0.29, 0.717) is 18.1 Å². The van der Waals surface area contributed by atoms with Crippen molar-refractivity contribution >= 4 is 0 Å². The minimum Gasteiger partial charge on any atom is -0.396 e. The first kappa shape index (κ1) is 12.4. The lowest BCUT2D eigenvalue weighted by molar-refractivity contribution is -0.210. The normalized spacial score (nSPS) is 42.9. The molecular formula is C14H26O2. The van der Waals surface area contributed by atoms with Crippen LogP contribution in [0.1, 0.15) is 59.8 Å². The molecule has 0 aromatic rings. The second kappa shape index (κ2) is 3.71. The second-order valence-electron chi connectivity index (χ2n) is 7.13. The number of ether oxygens (including phenoxy) is 1. The van der Waals surface area contributed by atoms with Crippen molar-refractivity contribution in [3.63, 3.8) is 0 Å². The van der Waals surface area contributed by atoms with Gasteiger partial charge in [-0.2, -0.15) is 0 Å². The molecule has 1 N–H and O–H groups in total. The van der Waals surface area contributed by atoms with Crippen molar-refractivity contribution in [2.75, 3.05) is 6.61 Å². The second-order valence-corrected chi connectivity index (χ2v) is 7.13. The van der Waals surface area contributed by atoms with E-state index in [1.165, 1.54) is 25.7 Å². The number of hydrogen-bond acceptors (Lipinski definition) is 2. The maximum Gasteiger partial charge on any atom is 0.0602 e. The molecule has 0 unspecified atom stereocenters.